The number of carbonyl (C=O) groups excluding carboxylic acids is 1. The van der Waals surface area contributed by atoms with Crippen molar-refractivity contribution in [3.63, 3.8) is 0 Å². The molecule has 0 unspecified atom stereocenters. The number of anilines is 1. The number of hydrogen-bond donors (Lipinski definition) is 2. The molecule has 2 rings (SSSR count). The summed E-state index contributed by atoms with van der Waals surface area (Å²) >= 11 is 0. The van der Waals surface area contributed by atoms with E-state index in [-0.39, 0.29) is 5.95 Å². The van der Waals surface area contributed by atoms with Gasteiger partial charge in [-0.25, -0.2) is 4.98 Å². The minimum absolute atomic E-state index is 0.119. The zero-order chi connectivity index (χ0) is 13.3. The van der Waals surface area contributed by atoms with Crippen molar-refractivity contribution in [2.75, 3.05) is 5.43 Å². The number of aromatic nitrogens is 2. The van der Waals surface area contributed by atoms with Crippen LogP contribution in [0.2, 0.25) is 0 Å². The summed E-state index contributed by atoms with van der Waals surface area (Å²) in [4.78, 5) is 14.7. The molecule has 18 heavy (non-hydrogen) atoms. The zero-order valence-electron chi connectivity index (χ0n) is 9.25. The van der Waals surface area contributed by atoms with Crippen LogP contribution in [-0.4, -0.2) is 21.6 Å². The van der Waals surface area contributed by atoms with Crippen molar-refractivity contribution < 1.29 is 18.0 Å². The molecule has 1 amide bonds. The predicted octanol–water partition coefficient (Wildman–Crippen LogP) is 1.58. The summed E-state index contributed by atoms with van der Waals surface area (Å²) in [5.41, 5.74) is 5.04. The van der Waals surface area contributed by atoms with E-state index >= 15 is 0 Å². The second kappa shape index (κ2) is 4.21. The Morgan fingerprint density at radius 3 is 2.61 bits per heavy atom. The minimum atomic E-state index is -4.93. The average molecular weight is 258 g/mol. The maximum Gasteiger partial charge on any atom is 0.472 e. The molecule has 0 saturated heterocycles. The number of alkyl halides is 3. The van der Waals surface area contributed by atoms with E-state index in [1.807, 2.05) is 0 Å². The van der Waals surface area contributed by atoms with Gasteiger partial charge in [0.05, 0.1) is 11.0 Å². The molecule has 0 aliphatic heterocycles. The SMILES string of the molecule is Cn1c(NNC(=O)C(F)(F)F)nc2ccccc21. The molecule has 0 radical (unpaired) electrons. The maximum atomic E-state index is 12.0. The van der Waals surface area contributed by atoms with Crippen LogP contribution in [-0.2, 0) is 11.8 Å². The first-order chi connectivity index (χ1) is 8.39. The van der Waals surface area contributed by atoms with Crippen molar-refractivity contribution in [3.8, 4) is 0 Å². The van der Waals surface area contributed by atoms with Gasteiger partial charge in [0.2, 0.25) is 5.95 Å². The van der Waals surface area contributed by atoms with Crippen LogP contribution in [0.1, 0.15) is 0 Å². The molecule has 0 spiro atoms. The van der Waals surface area contributed by atoms with Gasteiger partial charge in [-0.15, -0.1) is 0 Å². The average Bonchev–Trinajstić information content (AvgIpc) is 2.63. The number of carbonyl (C=O) groups is 1. The molecule has 8 heteroatoms. The summed E-state index contributed by atoms with van der Waals surface area (Å²) in [5.74, 6) is -1.96. The minimum Gasteiger partial charge on any atom is -0.312 e. The number of halogens is 3. The molecule has 1 aromatic heterocycles. The van der Waals surface area contributed by atoms with Crippen molar-refractivity contribution >= 4 is 22.9 Å². The van der Waals surface area contributed by atoms with Crippen molar-refractivity contribution in [1.82, 2.24) is 15.0 Å². The largest absolute Gasteiger partial charge is 0.472 e. The molecule has 96 valence electrons. The van der Waals surface area contributed by atoms with Crippen molar-refractivity contribution in [1.29, 1.82) is 0 Å². The summed E-state index contributed by atoms with van der Waals surface area (Å²) in [5, 5.41) is 0. The highest BCUT2D eigenvalue weighted by Gasteiger charge is 2.38. The van der Waals surface area contributed by atoms with E-state index in [1.165, 1.54) is 4.57 Å². The van der Waals surface area contributed by atoms with E-state index in [1.54, 1.807) is 36.7 Å². The van der Waals surface area contributed by atoms with Gasteiger partial charge in [0, 0.05) is 7.05 Å². The third-order valence-corrected chi connectivity index (χ3v) is 2.33. The van der Waals surface area contributed by atoms with E-state index in [4.69, 9.17) is 0 Å². The number of hydrazine groups is 1. The van der Waals surface area contributed by atoms with E-state index in [0.717, 1.165) is 5.52 Å². The lowest BCUT2D eigenvalue weighted by molar-refractivity contribution is -0.173. The lowest BCUT2D eigenvalue weighted by Crippen LogP contribution is -2.40. The highest BCUT2D eigenvalue weighted by atomic mass is 19.4. The van der Waals surface area contributed by atoms with Crippen LogP contribution in [0.15, 0.2) is 24.3 Å². The van der Waals surface area contributed by atoms with Crippen LogP contribution in [0, 0.1) is 0 Å². The highest BCUT2D eigenvalue weighted by Crippen LogP contribution is 2.18. The van der Waals surface area contributed by atoms with E-state index in [0.29, 0.717) is 5.52 Å². The van der Waals surface area contributed by atoms with Crippen LogP contribution >= 0.6 is 0 Å². The Hall–Kier alpha value is -2.25. The molecule has 2 aromatic rings. The molecule has 5 nitrogen and oxygen atoms in total. The Morgan fingerprint density at radius 2 is 2.00 bits per heavy atom. The normalized spacial score (nSPS) is 11.6. The standard InChI is InChI=1S/C10H9F3N4O/c1-17-7-5-3-2-4-6(7)14-9(17)16-15-8(18)10(11,12)13/h2-5H,1H3,(H,14,16)(H,15,18). The van der Waals surface area contributed by atoms with Crippen LogP contribution in [0.4, 0.5) is 19.1 Å². The first kappa shape index (κ1) is 12.2. The number of nitrogens with one attached hydrogen (secondary N) is 2. The molecule has 0 bridgehead atoms. The van der Waals surface area contributed by atoms with Gasteiger partial charge in [-0.3, -0.25) is 15.6 Å². The van der Waals surface area contributed by atoms with Gasteiger partial charge in [-0.05, 0) is 12.1 Å². The monoisotopic (exact) mass is 258 g/mol. The number of nitrogens with zero attached hydrogens (tertiary/aromatic N) is 2. The molecule has 0 saturated carbocycles. The van der Waals surface area contributed by atoms with Crippen molar-refractivity contribution in [2.45, 2.75) is 6.18 Å². The second-order valence-corrected chi connectivity index (χ2v) is 3.56. The van der Waals surface area contributed by atoms with Crippen LogP contribution in [0.25, 0.3) is 11.0 Å². The number of amides is 1. The van der Waals surface area contributed by atoms with Crippen molar-refractivity contribution in [3.05, 3.63) is 24.3 Å². The Bertz CT molecular complexity index is 590. The fourth-order valence-corrected chi connectivity index (χ4v) is 1.44. The smallest absolute Gasteiger partial charge is 0.312 e. The van der Waals surface area contributed by atoms with Crippen LogP contribution < -0.4 is 10.9 Å². The van der Waals surface area contributed by atoms with Gasteiger partial charge in [-0.1, -0.05) is 12.1 Å². The summed E-state index contributed by atoms with van der Waals surface area (Å²) in [6.45, 7) is 0. The van der Waals surface area contributed by atoms with Gasteiger partial charge in [0.25, 0.3) is 0 Å². The molecule has 2 N–H and O–H groups in total. The number of benzene rings is 1. The maximum absolute atomic E-state index is 12.0. The summed E-state index contributed by atoms with van der Waals surface area (Å²) < 4.78 is 37.5. The molecule has 0 fully saturated rings. The Morgan fingerprint density at radius 1 is 1.33 bits per heavy atom. The number of aryl methyl sites for hydroxylation is 1. The lowest BCUT2D eigenvalue weighted by Gasteiger charge is -2.09. The van der Waals surface area contributed by atoms with Crippen LogP contribution in [0.5, 0.6) is 0 Å². The highest BCUT2D eigenvalue weighted by molar-refractivity contribution is 5.83. The van der Waals surface area contributed by atoms with Gasteiger partial charge >= 0.3 is 12.1 Å². The van der Waals surface area contributed by atoms with Gasteiger partial charge < -0.3 is 4.57 Å². The van der Waals surface area contributed by atoms with E-state index in [2.05, 4.69) is 10.4 Å². The fourth-order valence-electron chi connectivity index (χ4n) is 1.44. The van der Waals surface area contributed by atoms with Crippen LogP contribution in [0.3, 0.4) is 0 Å². The molecule has 1 aromatic carbocycles. The fraction of sp³-hybridized carbons (Fsp3) is 0.200. The summed E-state index contributed by atoms with van der Waals surface area (Å²) in [6.07, 6.45) is -4.93. The molecule has 1 heterocycles. The Balaban J connectivity index is 2.18. The first-order valence-electron chi connectivity index (χ1n) is 4.94. The molecular weight excluding hydrogens is 249 g/mol. The topological polar surface area (TPSA) is 59.0 Å². The summed E-state index contributed by atoms with van der Waals surface area (Å²) in [6, 6.07) is 7.01. The number of para-hydroxylation sites is 2. The number of fused-ring (bicyclic) bond motifs is 1. The predicted molar refractivity (Wildman–Crippen MR) is 58.5 cm³/mol. The number of hydrogen-bond acceptors (Lipinski definition) is 3. The van der Waals surface area contributed by atoms with Gasteiger partial charge in [-0.2, -0.15) is 13.2 Å². The Labute approximate surface area is 99.6 Å². The van der Waals surface area contributed by atoms with Gasteiger partial charge in [0.1, 0.15) is 0 Å². The molecular formula is C10H9F3N4O. The van der Waals surface area contributed by atoms with E-state index < -0.39 is 12.1 Å². The first-order valence-corrected chi connectivity index (χ1v) is 4.94. The third-order valence-electron chi connectivity index (χ3n) is 2.33. The molecule has 0 atom stereocenters. The van der Waals surface area contributed by atoms with E-state index in [9.17, 15) is 18.0 Å². The molecule has 0 aliphatic carbocycles. The Kier molecular flexibility index (Phi) is 2.85. The summed E-state index contributed by atoms with van der Waals surface area (Å²) in [7, 11) is 1.62. The number of imidazole rings is 1. The lowest BCUT2D eigenvalue weighted by atomic mass is 10.3. The van der Waals surface area contributed by atoms with Crippen molar-refractivity contribution in [2.24, 2.45) is 7.05 Å². The zero-order valence-corrected chi connectivity index (χ0v) is 9.25. The number of rotatable bonds is 2. The van der Waals surface area contributed by atoms with Gasteiger partial charge in [0.15, 0.2) is 0 Å². The quantitative estimate of drug-likeness (QED) is 0.804. The second-order valence-electron chi connectivity index (χ2n) is 3.56. The third kappa shape index (κ3) is 2.22. The molecule has 0 aliphatic rings.